The lowest BCUT2D eigenvalue weighted by molar-refractivity contribution is -0.117. The zero-order valence-corrected chi connectivity index (χ0v) is 6.22. The zero-order chi connectivity index (χ0) is 7.49. The molecule has 1 N–H and O–H groups in total. The lowest BCUT2D eigenvalue weighted by Crippen LogP contribution is -2.25. The Morgan fingerprint density at radius 1 is 1.67 bits per heavy atom. The molecule has 0 heterocycles. The van der Waals surface area contributed by atoms with Crippen molar-refractivity contribution in [2.75, 3.05) is 6.61 Å². The standard InChI is InChI=1S/C7H14O2/c1-6(4-8)7(2,3)5-9/h5-6,8H,4H2,1-3H3. The molecule has 0 aromatic carbocycles. The van der Waals surface area contributed by atoms with E-state index in [0.29, 0.717) is 0 Å². The van der Waals surface area contributed by atoms with E-state index in [1.54, 1.807) is 0 Å². The molecule has 0 bridgehead atoms. The summed E-state index contributed by atoms with van der Waals surface area (Å²) in [5.74, 6) is 0.0509. The van der Waals surface area contributed by atoms with Crippen molar-refractivity contribution in [1.29, 1.82) is 0 Å². The van der Waals surface area contributed by atoms with Gasteiger partial charge < -0.3 is 9.90 Å². The molecule has 1 atom stereocenters. The minimum atomic E-state index is -0.380. The predicted molar refractivity (Wildman–Crippen MR) is 36.1 cm³/mol. The first kappa shape index (κ1) is 8.63. The van der Waals surface area contributed by atoms with E-state index < -0.39 is 0 Å². The molecule has 0 saturated heterocycles. The maximum atomic E-state index is 10.3. The van der Waals surface area contributed by atoms with Crippen LogP contribution in [0.3, 0.4) is 0 Å². The molecule has 1 unspecified atom stereocenters. The number of aliphatic hydroxyl groups is 1. The van der Waals surface area contributed by atoms with E-state index in [-0.39, 0.29) is 17.9 Å². The van der Waals surface area contributed by atoms with Gasteiger partial charge in [0.25, 0.3) is 0 Å². The van der Waals surface area contributed by atoms with E-state index in [4.69, 9.17) is 5.11 Å². The number of aliphatic hydroxyl groups excluding tert-OH is 1. The summed E-state index contributed by atoms with van der Waals surface area (Å²) >= 11 is 0. The smallest absolute Gasteiger partial charge is 0.125 e. The van der Waals surface area contributed by atoms with Gasteiger partial charge in [-0.2, -0.15) is 0 Å². The van der Waals surface area contributed by atoms with Crippen molar-refractivity contribution in [2.24, 2.45) is 11.3 Å². The van der Waals surface area contributed by atoms with E-state index in [1.165, 1.54) is 0 Å². The van der Waals surface area contributed by atoms with E-state index in [1.807, 2.05) is 20.8 Å². The van der Waals surface area contributed by atoms with Crippen LogP contribution < -0.4 is 0 Å². The van der Waals surface area contributed by atoms with Crippen molar-refractivity contribution >= 4 is 6.29 Å². The molecule has 0 aromatic rings. The number of aldehydes is 1. The first-order valence-corrected chi connectivity index (χ1v) is 3.11. The summed E-state index contributed by atoms with van der Waals surface area (Å²) in [5.41, 5.74) is -0.380. The SMILES string of the molecule is CC(CO)C(C)(C)C=O. The highest BCUT2D eigenvalue weighted by Gasteiger charge is 2.23. The quantitative estimate of drug-likeness (QED) is 0.575. The Kier molecular flexibility index (Phi) is 2.85. The highest BCUT2D eigenvalue weighted by Crippen LogP contribution is 2.22. The molecule has 2 heteroatoms. The fraction of sp³-hybridized carbons (Fsp3) is 0.857. The molecule has 0 saturated carbocycles. The van der Waals surface area contributed by atoms with Crippen LogP contribution in [0.15, 0.2) is 0 Å². The van der Waals surface area contributed by atoms with Crippen molar-refractivity contribution in [1.82, 2.24) is 0 Å². The van der Waals surface area contributed by atoms with Gasteiger partial charge in [-0.15, -0.1) is 0 Å². The van der Waals surface area contributed by atoms with E-state index in [9.17, 15) is 4.79 Å². The zero-order valence-electron chi connectivity index (χ0n) is 6.22. The summed E-state index contributed by atoms with van der Waals surface area (Å²) in [6.45, 7) is 5.57. The molecular formula is C7H14O2. The van der Waals surface area contributed by atoms with Gasteiger partial charge in [-0.25, -0.2) is 0 Å². The van der Waals surface area contributed by atoms with Gasteiger partial charge in [-0.05, 0) is 5.92 Å². The molecule has 2 nitrogen and oxygen atoms in total. The third-order valence-corrected chi connectivity index (χ3v) is 1.85. The van der Waals surface area contributed by atoms with Crippen LogP contribution in [0.25, 0.3) is 0 Å². The van der Waals surface area contributed by atoms with Crippen molar-refractivity contribution in [2.45, 2.75) is 20.8 Å². The Morgan fingerprint density at radius 2 is 2.11 bits per heavy atom. The van der Waals surface area contributed by atoms with Gasteiger partial charge in [0, 0.05) is 12.0 Å². The Morgan fingerprint density at radius 3 is 2.22 bits per heavy atom. The molecular weight excluding hydrogens is 116 g/mol. The summed E-state index contributed by atoms with van der Waals surface area (Å²) < 4.78 is 0. The highest BCUT2D eigenvalue weighted by atomic mass is 16.3. The number of carbonyl (C=O) groups is 1. The normalized spacial score (nSPS) is 15.1. The van der Waals surface area contributed by atoms with Crippen LogP contribution in [0.5, 0.6) is 0 Å². The molecule has 0 amide bonds. The van der Waals surface area contributed by atoms with Crippen molar-refractivity contribution in [3.05, 3.63) is 0 Å². The van der Waals surface area contributed by atoms with E-state index in [0.717, 1.165) is 6.29 Å². The summed E-state index contributed by atoms with van der Waals surface area (Å²) in [7, 11) is 0. The first-order valence-electron chi connectivity index (χ1n) is 3.11. The van der Waals surface area contributed by atoms with Gasteiger partial charge >= 0.3 is 0 Å². The van der Waals surface area contributed by atoms with Crippen LogP contribution in [0.1, 0.15) is 20.8 Å². The summed E-state index contributed by atoms with van der Waals surface area (Å²) in [6.07, 6.45) is 0.883. The Balaban J connectivity index is 3.95. The second-order valence-electron chi connectivity index (χ2n) is 3.02. The van der Waals surface area contributed by atoms with E-state index >= 15 is 0 Å². The number of rotatable bonds is 3. The minimum Gasteiger partial charge on any atom is -0.396 e. The molecule has 0 aromatic heterocycles. The number of hydrogen-bond acceptors (Lipinski definition) is 2. The average Bonchev–Trinajstić information content (AvgIpc) is 1.86. The van der Waals surface area contributed by atoms with E-state index in [2.05, 4.69) is 0 Å². The third-order valence-electron chi connectivity index (χ3n) is 1.85. The van der Waals surface area contributed by atoms with Gasteiger partial charge in [0.1, 0.15) is 6.29 Å². The Labute approximate surface area is 55.9 Å². The van der Waals surface area contributed by atoms with Crippen LogP contribution in [0.4, 0.5) is 0 Å². The number of carbonyl (C=O) groups excluding carboxylic acids is 1. The molecule has 0 aliphatic carbocycles. The number of hydrogen-bond donors (Lipinski definition) is 1. The Bertz CT molecular complexity index is 97.1. The second-order valence-corrected chi connectivity index (χ2v) is 3.02. The van der Waals surface area contributed by atoms with Crippen LogP contribution in [0.2, 0.25) is 0 Å². The summed E-state index contributed by atoms with van der Waals surface area (Å²) in [5, 5.41) is 8.64. The maximum Gasteiger partial charge on any atom is 0.125 e. The molecule has 0 aliphatic heterocycles. The van der Waals surface area contributed by atoms with Crippen molar-refractivity contribution in [3.63, 3.8) is 0 Å². The maximum absolute atomic E-state index is 10.3. The fourth-order valence-electron chi connectivity index (χ4n) is 0.351. The fourth-order valence-corrected chi connectivity index (χ4v) is 0.351. The molecule has 54 valence electrons. The largest absolute Gasteiger partial charge is 0.396 e. The van der Waals surface area contributed by atoms with Gasteiger partial charge in [0.05, 0.1) is 0 Å². The van der Waals surface area contributed by atoms with Crippen LogP contribution in [0, 0.1) is 11.3 Å². The van der Waals surface area contributed by atoms with Gasteiger partial charge in [-0.1, -0.05) is 20.8 Å². The lowest BCUT2D eigenvalue weighted by Gasteiger charge is -2.22. The van der Waals surface area contributed by atoms with Crippen LogP contribution >= 0.6 is 0 Å². The lowest BCUT2D eigenvalue weighted by atomic mass is 9.82. The molecule has 0 fully saturated rings. The van der Waals surface area contributed by atoms with Crippen molar-refractivity contribution < 1.29 is 9.90 Å². The monoisotopic (exact) mass is 130 g/mol. The summed E-state index contributed by atoms with van der Waals surface area (Å²) in [6, 6.07) is 0. The van der Waals surface area contributed by atoms with Crippen LogP contribution in [-0.2, 0) is 4.79 Å². The average molecular weight is 130 g/mol. The van der Waals surface area contributed by atoms with Crippen LogP contribution in [-0.4, -0.2) is 18.0 Å². The second kappa shape index (κ2) is 2.97. The van der Waals surface area contributed by atoms with Gasteiger partial charge in [0.15, 0.2) is 0 Å². The first-order chi connectivity index (χ1) is 4.04. The Hall–Kier alpha value is -0.370. The summed E-state index contributed by atoms with van der Waals surface area (Å²) in [4.78, 5) is 10.3. The molecule has 0 aliphatic rings. The molecule has 0 spiro atoms. The molecule has 0 rings (SSSR count). The van der Waals surface area contributed by atoms with Crippen molar-refractivity contribution in [3.8, 4) is 0 Å². The topological polar surface area (TPSA) is 37.3 Å². The predicted octanol–water partition coefficient (Wildman–Crippen LogP) is 0.840. The molecule has 0 radical (unpaired) electrons. The van der Waals surface area contributed by atoms with Gasteiger partial charge in [-0.3, -0.25) is 0 Å². The van der Waals surface area contributed by atoms with Gasteiger partial charge in [0.2, 0.25) is 0 Å². The minimum absolute atomic E-state index is 0.0509. The third kappa shape index (κ3) is 2.14. The molecule has 9 heavy (non-hydrogen) atoms. The highest BCUT2D eigenvalue weighted by molar-refractivity contribution is 5.58.